The SMILES string of the molecule is [2H]C([2H])(c1ccccc1)c1cc(-c2ccccn2)ccc1-c1ccccc1. The van der Waals surface area contributed by atoms with Gasteiger partial charge in [0.1, 0.15) is 0 Å². The Kier molecular flexibility index (Phi) is 3.76. The molecule has 0 saturated carbocycles. The third-order valence-corrected chi connectivity index (χ3v) is 4.12. The lowest BCUT2D eigenvalue weighted by molar-refractivity contribution is 1.19. The molecule has 0 aliphatic heterocycles. The van der Waals surface area contributed by atoms with Crippen LogP contribution in [0.4, 0.5) is 0 Å². The van der Waals surface area contributed by atoms with Crippen LogP contribution in [0, 0.1) is 0 Å². The molecule has 0 bridgehead atoms. The Labute approximate surface area is 151 Å². The summed E-state index contributed by atoms with van der Waals surface area (Å²) < 4.78 is 17.8. The molecule has 0 aliphatic carbocycles. The molecule has 25 heavy (non-hydrogen) atoms. The molecule has 0 radical (unpaired) electrons. The van der Waals surface area contributed by atoms with Crippen LogP contribution in [0.25, 0.3) is 22.4 Å². The number of pyridine rings is 1. The smallest absolute Gasteiger partial charge is 0.0702 e. The van der Waals surface area contributed by atoms with Crippen molar-refractivity contribution in [1.82, 2.24) is 4.98 Å². The minimum absolute atomic E-state index is 0.639. The van der Waals surface area contributed by atoms with Crippen molar-refractivity contribution in [3.63, 3.8) is 0 Å². The van der Waals surface area contributed by atoms with Gasteiger partial charge in [-0.1, -0.05) is 78.9 Å². The standard InChI is InChI=1S/C24H19N/c1-3-9-19(10-4-1)17-22-18-21(24-13-7-8-16-25-24)14-15-23(22)20-11-5-2-6-12-20/h1-16,18H,17H2/i17D2. The zero-order valence-corrected chi connectivity index (χ0v) is 13.8. The van der Waals surface area contributed by atoms with Crippen LogP contribution in [0.3, 0.4) is 0 Å². The lowest BCUT2D eigenvalue weighted by Crippen LogP contribution is -1.94. The Morgan fingerprint density at radius 2 is 1.40 bits per heavy atom. The van der Waals surface area contributed by atoms with E-state index in [1.54, 1.807) is 6.20 Å². The summed E-state index contributed by atoms with van der Waals surface area (Å²) in [6, 6.07) is 31.0. The summed E-state index contributed by atoms with van der Waals surface area (Å²) in [4.78, 5) is 4.42. The zero-order chi connectivity index (χ0) is 18.7. The highest BCUT2D eigenvalue weighted by atomic mass is 14.7. The number of benzene rings is 3. The quantitative estimate of drug-likeness (QED) is 0.448. The number of rotatable bonds is 4. The van der Waals surface area contributed by atoms with Gasteiger partial charge in [-0.05, 0) is 46.8 Å². The van der Waals surface area contributed by atoms with Crippen molar-refractivity contribution in [2.75, 3.05) is 0 Å². The Bertz CT molecular complexity index is 1030. The van der Waals surface area contributed by atoms with Gasteiger partial charge in [-0.15, -0.1) is 0 Å². The summed E-state index contributed by atoms with van der Waals surface area (Å²) in [7, 11) is 0. The first kappa shape index (κ1) is 13.1. The van der Waals surface area contributed by atoms with Gasteiger partial charge in [0.2, 0.25) is 0 Å². The molecule has 1 heterocycles. The third-order valence-electron chi connectivity index (χ3n) is 4.12. The van der Waals surface area contributed by atoms with Crippen LogP contribution in [0.2, 0.25) is 0 Å². The van der Waals surface area contributed by atoms with Gasteiger partial charge in [0.25, 0.3) is 0 Å². The molecule has 1 nitrogen and oxygen atoms in total. The number of hydrogen-bond acceptors (Lipinski definition) is 1. The molecule has 0 N–H and O–H groups in total. The van der Waals surface area contributed by atoms with Crippen molar-refractivity contribution < 1.29 is 2.74 Å². The Hall–Kier alpha value is -3.19. The molecule has 0 atom stereocenters. The second kappa shape index (κ2) is 7.14. The lowest BCUT2D eigenvalue weighted by atomic mass is 9.92. The van der Waals surface area contributed by atoms with Crippen molar-refractivity contribution >= 4 is 0 Å². The predicted octanol–water partition coefficient (Wildman–Crippen LogP) is 6.01. The van der Waals surface area contributed by atoms with Gasteiger partial charge in [0.05, 0.1) is 5.69 Å². The van der Waals surface area contributed by atoms with E-state index in [4.69, 9.17) is 2.74 Å². The monoisotopic (exact) mass is 323 g/mol. The maximum absolute atomic E-state index is 8.90. The Morgan fingerprint density at radius 3 is 2.12 bits per heavy atom. The molecule has 0 unspecified atom stereocenters. The highest BCUT2D eigenvalue weighted by molar-refractivity contribution is 5.73. The van der Waals surface area contributed by atoms with Gasteiger partial charge in [-0.2, -0.15) is 0 Å². The lowest BCUT2D eigenvalue weighted by Gasteiger charge is -2.13. The summed E-state index contributed by atoms with van der Waals surface area (Å²) >= 11 is 0. The molecule has 0 amide bonds. The van der Waals surface area contributed by atoms with Crippen LogP contribution in [0.15, 0.2) is 103 Å². The number of aromatic nitrogens is 1. The van der Waals surface area contributed by atoms with E-state index in [9.17, 15) is 0 Å². The van der Waals surface area contributed by atoms with E-state index in [0.717, 1.165) is 22.4 Å². The van der Waals surface area contributed by atoms with Crippen LogP contribution in [0.5, 0.6) is 0 Å². The Balaban J connectivity index is 1.93. The van der Waals surface area contributed by atoms with Gasteiger partial charge in [0, 0.05) is 14.5 Å². The molecule has 0 fully saturated rings. The van der Waals surface area contributed by atoms with E-state index < -0.39 is 6.37 Å². The molecule has 1 heteroatoms. The van der Waals surface area contributed by atoms with E-state index in [0.29, 0.717) is 11.1 Å². The maximum Gasteiger partial charge on any atom is 0.0702 e. The largest absolute Gasteiger partial charge is 0.256 e. The van der Waals surface area contributed by atoms with E-state index >= 15 is 0 Å². The topological polar surface area (TPSA) is 12.9 Å². The van der Waals surface area contributed by atoms with Gasteiger partial charge in [-0.3, -0.25) is 4.98 Å². The van der Waals surface area contributed by atoms with E-state index in [-0.39, 0.29) is 0 Å². The van der Waals surface area contributed by atoms with Crippen LogP contribution in [-0.2, 0) is 6.37 Å². The average molecular weight is 323 g/mol. The maximum atomic E-state index is 8.90. The second-order valence-corrected chi connectivity index (χ2v) is 5.83. The molecular formula is C24H19N. The number of nitrogens with zero attached hydrogens (tertiary/aromatic N) is 1. The van der Waals surface area contributed by atoms with Gasteiger partial charge in [-0.25, -0.2) is 0 Å². The van der Waals surface area contributed by atoms with Crippen LogP contribution in [-0.4, -0.2) is 4.98 Å². The summed E-state index contributed by atoms with van der Waals surface area (Å²) in [6.45, 7) is 0. The molecule has 1 aromatic heterocycles. The zero-order valence-electron chi connectivity index (χ0n) is 15.8. The molecule has 0 spiro atoms. The fraction of sp³-hybridized carbons (Fsp3) is 0.0417. The number of hydrogen-bond donors (Lipinski definition) is 0. The van der Waals surface area contributed by atoms with Crippen molar-refractivity contribution in [3.05, 3.63) is 114 Å². The molecular weight excluding hydrogens is 302 g/mol. The van der Waals surface area contributed by atoms with Crippen molar-refractivity contribution in [2.45, 2.75) is 6.37 Å². The molecule has 0 aliphatic rings. The molecule has 120 valence electrons. The fourth-order valence-electron chi connectivity index (χ4n) is 2.89. The van der Waals surface area contributed by atoms with Crippen LogP contribution in [0.1, 0.15) is 13.9 Å². The summed E-state index contributed by atoms with van der Waals surface area (Å²) in [5.41, 5.74) is 4.92. The normalized spacial score (nSPS) is 12.3. The summed E-state index contributed by atoms with van der Waals surface area (Å²) in [5, 5.41) is 0. The van der Waals surface area contributed by atoms with Crippen molar-refractivity contribution in [3.8, 4) is 22.4 Å². The highest BCUT2D eigenvalue weighted by Crippen LogP contribution is 2.29. The van der Waals surface area contributed by atoms with Gasteiger partial charge >= 0.3 is 0 Å². The van der Waals surface area contributed by atoms with Crippen LogP contribution >= 0.6 is 0 Å². The van der Waals surface area contributed by atoms with Crippen LogP contribution < -0.4 is 0 Å². The van der Waals surface area contributed by atoms with E-state index in [2.05, 4.69) is 4.98 Å². The van der Waals surface area contributed by atoms with Gasteiger partial charge in [0.15, 0.2) is 0 Å². The average Bonchev–Trinajstić information content (AvgIpc) is 2.75. The summed E-state index contributed by atoms with van der Waals surface area (Å²) in [5.74, 6) is 0. The minimum atomic E-state index is -1.63. The van der Waals surface area contributed by atoms with Gasteiger partial charge < -0.3 is 0 Å². The molecule has 4 rings (SSSR count). The first-order valence-electron chi connectivity index (χ1n) is 9.33. The first-order valence-corrected chi connectivity index (χ1v) is 8.33. The Morgan fingerprint density at radius 1 is 0.680 bits per heavy atom. The second-order valence-electron chi connectivity index (χ2n) is 5.83. The highest BCUT2D eigenvalue weighted by Gasteiger charge is 2.09. The van der Waals surface area contributed by atoms with Crippen molar-refractivity contribution in [1.29, 1.82) is 0 Å². The van der Waals surface area contributed by atoms with E-state index in [1.165, 1.54) is 0 Å². The van der Waals surface area contributed by atoms with Crippen molar-refractivity contribution in [2.24, 2.45) is 0 Å². The third kappa shape index (κ3) is 3.51. The summed E-state index contributed by atoms with van der Waals surface area (Å²) in [6.07, 6.45) is 0.128. The minimum Gasteiger partial charge on any atom is -0.256 e. The first-order chi connectivity index (χ1) is 13.2. The molecule has 3 aromatic carbocycles. The fourth-order valence-corrected chi connectivity index (χ4v) is 2.89. The molecule has 4 aromatic rings. The molecule has 0 saturated heterocycles. The predicted molar refractivity (Wildman–Crippen MR) is 104 cm³/mol. The van der Waals surface area contributed by atoms with E-state index in [1.807, 2.05) is 97.1 Å².